The first-order valence-electron chi connectivity index (χ1n) is 6.12. The molecule has 0 aliphatic heterocycles. The molecule has 1 aromatic heterocycles. The maximum absolute atomic E-state index is 12.8. The van der Waals surface area contributed by atoms with Crippen LogP contribution in [0.25, 0.3) is 0 Å². The topological polar surface area (TPSA) is 63.8 Å². The molecule has 0 spiro atoms. The van der Waals surface area contributed by atoms with Crippen LogP contribution in [0.4, 0.5) is 10.1 Å². The molecule has 102 valence electrons. The smallest absolute Gasteiger partial charge is 0.290 e. The van der Waals surface area contributed by atoms with E-state index < -0.39 is 0 Å². The highest BCUT2D eigenvalue weighted by atomic mass is 19.1. The van der Waals surface area contributed by atoms with Gasteiger partial charge in [0.25, 0.3) is 5.56 Å². The fraction of sp³-hybridized carbons (Fsp3) is 0.357. The van der Waals surface area contributed by atoms with E-state index in [0.717, 1.165) is 11.3 Å². The van der Waals surface area contributed by atoms with Crippen LogP contribution in [-0.4, -0.2) is 9.78 Å². The van der Waals surface area contributed by atoms with Crippen LogP contribution in [0, 0.1) is 5.82 Å². The fourth-order valence-corrected chi connectivity index (χ4v) is 1.95. The lowest BCUT2D eigenvalue weighted by atomic mass is 9.91. The van der Waals surface area contributed by atoms with Crippen molar-refractivity contribution in [2.45, 2.75) is 32.7 Å². The van der Waals surface area contributed by atoms with Gasteiger partial charge in [-0.25, -0.2) is 9.07 Å². The van der Waals surface area contributed by atoms with Crippen molar-refractivity contribution in [3.05, 3.63) is 51.7 Å². The Labute approximate surface area is 111 Å². The molecule has 0 aliphatic carbocycles. The summed E-state index contributed by atoms with van der Waals surface area (Å²) in [6.45, 7) is 6.30. The molecule has 4 nitrogen and oxygen atoms in total. The minimum atomic E-state index is -0.294. The number of hydrogen-bond acceptors (Lipinski definition) is 2. The van der Waals surface area contributed by atoms with E-state index >= 15 is 0 Å². The molecule has 1 aromatic carbocycles. The number of benzene rings is 1. The summed E-state index contributed by atoms with van der Waals surface area (Å²) in [5.74, 6) is -0.294. The van der Waals surface area contributed by atoms with Crippen LogP contribution >= 0.6 is 0 Å². The lowest BCUT2D eigenvalue weighted by Crippen LogP contribution is -2.19. The van der Waals surface area contributed by atoms with Crippen LogP contribution in [0.5, 0.6) is 0 Å². The number of nitrogens with one attached hydrogen (secondary N) is 1. The maximum atomic E-state index is 12.8. The molecule has 0 atom stereocenters. The van der Waals surface area contributed by atoms with Gasteiger partial charge in [0.15, 0.2) is 0 Å². The first-order valence-corrected chi connectivity index (χ1v) is 6.12. The first kappa shape index (κ1) is 13.4. The maximum Gasteiger partial charge on any atom is 0.290 e. The van der Waals surface area contributed by atoms with Gasteiger partial charge in [0.1, 0.15) is 11.5 Å². The number of hydrogen-bond donors (Lipinski definition) is 2. The zero-order valence-corrected chi connectivity index (χ0v) is 11.3. The van der Waals surface area contributed by atoms with Crippen LogP contribution in [0.2, 0.25) is 0 Å². The summed E-state index contributed by atoms with van der Waals surface area (Å²) in [6, 6.07) is 6.04. The lowest BCUT2D eigenvalue weighted by Gasteiger charge is -2.16. The van der Waals surface area contributed by atoms with E-state index in [-0.39, 0.29) is 22.5 Å². The van der Waals surface area contributed by atoms with Crippen LogP contribution in [0.1, 0.15) is 32.0 Å². The highest BCUT2D eigenvalue weighted by molar-refractivity contribution is 5.44. The van der Waals surface area contributed by atoms with Crippen molar-refractivity contribution in [2.75, 3.05) is 5.73 Å². The summed E-state index contributed by atoms with van der Waals surface area (Å²) in [7, 11) is 0. The third-order valence-electron chi connectivity index (χ3n) is 3.00. The van der Waals surface area contributed by atoms with Crippen molar-refractivity contribution in [1.82, 2.24) is 9.78 Å². The second kappa shape index (κ2) is 4.57. The molecule has 0 unspecified atom stereocenters. The molecule has 2 aromatic rings. The van der Waals surface area contributed by atoms with Crippen molar-refractivity contribution in [2.24, 2.45) is 0 Å². The summed E-state index contributed by atoms with van der Waals surface area (Å²) in [5, 5.41) is 3.04. The third-order valence-corrected chi connectivity index (χ3v) is 3.00. The molecule has 0 saturated heterocycles. The standard InChI is InChI=1S/C14H18FN3O/c1-14(2,3)12-11(16)13(19)18(17-12)8-9-4-6-10(15)7-5-9/h4-7,17H,8,16H2,1-3H3. The third kappa shape index (κ3) is 2.70. The van der Waals surface area contributed by atoms with E-state index in [1.165, 1.54) is 16.8 Å². The molecule has 3 N–H and O–H groups in total. The van der Waals surface area contributed by atoms with Gasteiger partial charge in [0, 0.05) is 5.41 Å². The van der Waals surface area contributed by atoms with E-state index in [1.807, 2.05) is 20.8 Å². The molecule has 0 radical (unpaired) electrons. The van der Waals surface area contributed by atoms with Crippen molar-refractivity contribution < 1.29 is 4.39 Å². The van der Waals surface area contributed by atoms with Crippen LogP contribution in [-0.2, 0) is 12.0 Å². The predicted octanol–water partition coefficient (Wildman–Crippen LogP) is 2.24. The van der Waals surface area contributed by atoms with E-state index in [2.05, 4.69) is 5.10 Å². The molecule has 0 aliphatic rings. The zero-order valence-electron chi connectivity index (χ0n) is 11.3. The number of H-pyrrole nitrogens is 1. The summed E-state index contributed by atoms with van der Waals surface area (Å²) >= 11 is 0. The van der Waals surface area contributed by atoms with Gasteiger partial charge in [-0.2, -0.15) is 0 Å². The molecule has 2 rings (SSSR count). The summed E-state index contributed by atoms with van der Waals surface area (Å²) in [4.78, 5) is 12.0. The average Bonchev–Trinajstić information content (AvgIpc) is 2.60. The molecule has 0 saturated carbocycles. The number of halogens is 1. The van der Waals surface area contributed by atoms with Gasteiger partial charge in [0.2, 0.25) is 0 Å². The number of nitrogens with zero attached hydrogens (tertiary/aromatic N) is 1. The monoisotopic (exact) mass is 263 g/mol. The Balaban J connectivity index is 2.37. The number of nitrogen functional groups attached to an aromatic ring is 1. The van der Waals surface area contributed by atoms with Gasteiger partial charge < -0.3 is 5.73 Å². The summed E-state index contributed by atoms with van der Waals surface area (Å²) < 4.78 is 14.3. The molecule has 19 heavy (non-hydrogen) atoms. The molecular weight excluding hydrogens is 245 g/mol. The number of anilines is 1. The van der Waals surface area contributed by atoms with Gasteiger partial charge in [-0.15, -0.1) is 0 Å². The quantitative estimate of drug-likeness (QED) is 0.872. The van der Waals surface area contributed by atoms with Gasteiger partial charge in [-0.3, -0.25) is 9.89 Å². The normalized spacial score (nSPS) is 11.8. The minimum absolute atomic E-state index is 0.225. The largest absolute Gasteiger partial charge is 0.393 e. The number of aromatic nitrogens is 2. The second-order valence-electron chi connectivity index (χ2n) is 5.67. The van der Waals surface area contributed by atoms with Crippen molar-refractivity contribution >= 4 is 5.69 Å². The molecule has 5 heteroatoms. The Morgan fingerprint density at radius 1 is 1.26 bits per heavy atom. The van der Waals surface area contributed by atoms with E-state index in [0.29, 0.717) is 6.54 Å². The number of rotatable bonds is 2. The summed E-state index contributed by atoms with van der Waals surface area (Å²) in [5.41, 5.74) is 7.18. The van der Waals surface area contributed by atoms with Crippen LogP contribution in [0.3, 0.4) is 0 Å². The Morgan fingerprint density at radius 3 is 2.32 bits per heavy atom. The van der Waals surface area contributed by atoms with Crippen LogP contribution < -0.4 is 11.3 Å². The minimum Gasteiger partial charge on any atom is -0.393 e. The lowest BCUT2D eigenvalue weighted by molar-refractivity contribution is 0.543. The number of nitrogens with two attached hydrogens (primary N) is 1. The Morgan fingerprint density at radius 2 is 1.84 bits per heavy atom. The van der Waals surface area contributed by atoms with Crippen LogP contribution in [0.15, 0.2) is 29.1 Å². The van der Waals surface area contributed by atoms with E-state index in [4.69, 9.17) is 5.73 Å². The van der Waals surface area contributed by atoms with Crippen molar-refractivity contribution in [3.8, 4) is 0 Å². The Kier molecular flexibility index (Phi) is 3.22. The zero-order chi connectivity index (χ0) is 14.2. The fourth-order valence-electron chi connectivity index (χ4n) is 1.95. The summed E-state index contributed by atoms with van der Waals surface area (Å²) in [6.07, 6.45) is 0. The van der Waals surface area contributed by atoms with E-state index in [9.17, 15) is 9.18 Å². The van der Waals surface area contributed by atoms with E-state index in [1.54, 1.807) is 12.1 Å². The average molecular weight is 263 g/mol. The van der Waals surface area contributed by atoms with Gasteiger partial charge >= 0.3 is 0 Å². The Hall–Kier alpha value is -2.04. The second-order valence-corrected chi connectivity index (χ2v) is 5.67. The first-order chi connectivity index (χ1) is 8.79. The molecule has 0 amide bonds. The van der Waals surface area contributed by atoms with Crippen molar-refractivity contribution in [3.63, 3.8) is 0 Å². The molecule has 1 heterocycles. The Bertz CT molecular complexity index is 632. The SMILES string of the molecule is CC(C)(C)c1[nH]n(Cc2ccc(F)cc2)c(=O)c1N. The van der Waals surface area contributed by atoms with Crippen molar-refractivity contribution in [1.29, 1.82) is 0 Å². The molecule has 0 fully saturated rings. The van der Waals surface area contributed by atoms with Gasteiger partial charge in [-0.05, 0) is 17.7 Å². The van der Waals surface area contributed by atoms with Gasteiger partial charge in [-0.1, -0.05) is 32.9 Å². The molecular formula is C14H18FN3O. The van der Waals surface area contributed by atoms with Gasteiger partial charge in [0.05, 0.1) is 12.2 Å². The predicted molar refractivity (Wildman–Crippen MR) is 73.7 cm³/mol. The highest BCUT2D eigenvalue weighted by Gasteiger charge is 2.22. The number of aromatic amines is 1. The highest BCUT2D eigenvalue weighted by Crippen LogP contribution is 2.23. The molecule has 0 bridgehead atoms.